The average Bonchev–Trinajstić information content (AvgIpc) is 2.40. The van der Waals surface area contributed by atoms with Crippen molar-refractivity contribution in [3.05, 3.63) is 24.3 Å². The maximum Gasteiger partial charge on any atom is 0.142 e. The van der Waals surface area contributed by atoms with Crippen molar-refractivity contribution in [1.82, 2.24) is 4.90 Å². The fourth-order valence-corrected chi connectivity index (χ4v) is 2.75. The van der Waals surface area contributed by atoms with E-state index >= 15 is 0 Å². The molecule has 0 saturated carbocycles. The molecule has 2 rings (SSSR count). The Hall–Kier alpha value is -1.22. The number of para-hydroxylation sites is 2. The van der Waals surface area contributed by atoms with Crippen LogP contribution in [0.1, 0.15) is 33.1 Å². The van der Waals surface area contributed by atoms with E-state index in [4.69, 9.17) is 10.5 Å². The normalized spacial score (nSPS) is 24.3. The number of nitrogens with two attached hydrogens (primary N) is 1. The molecule has 1 aliphatic heterocycles. The number of hydrogen-bond acceptors (Lipinski definition) is 3. The SMILES string of the molecule is CC1CCC(C)N(CCCOc2ccccc2N)C1. The van der Waals surface area contributed by atoms with Crippen LogP contribution < -0.4 is 10.5 Å². The van der Waals surface area contributed by atoms with Gasteiger partial charge < -0.3 is 15.4 Å². The van der Waals surface area contributed by atoms with Gasteiger partial charge in [-0.2, -0.15) is 0 Å². The molecule has 0 radical (unpaired) electrons. The Morgan fingerprint density at radius 3 is 2.84 bits per heavy atom. The van der Waals surface area contributed by atoms with E-state index in [2.05, 4.69) is 18.7 Å². The van der Waals surface area contributed by atoms with Crippen molar-refractivity contribution in [3.63, 3.8) is 0 Å². The lowest BCUT2D eigenvalue weighted by atomic mass is 9.95. The van der Waals surface area contributed by atoms with Crippen molar-refractivity contribution in [2.45, 2.75) is 39.2 Å². The molecule has 2 atom stereocenters. The molecule has 0 bridgehead atoms. The fourth-order valence-electron chi connectivity index (χ4n) is 2.75. The monoisotopic (exact) mass is 262 g/mol. The molecule has 2 N–H and O–H groups in total. The topological polar surface area (TPSA) is 38.5 Å². The standard InChI is InChI=1S/C16H26N2O/c1-13-8-9-14(2)18(12-13)10-5-11-19-16-7-4-3-6-15(16)17/h3-4,6-7,13-14H,5,8-12,17H2,1-2H3. The molecule has 3 heteroatoms. The van der Waals surface area contributed by atoms with Crippen molar-refractivity contribution in [1.29, 1.82) is 0 Å². The van der Waals surface area contributed by atoms with E-state index in [0.717, 1.165) is 43.0 Å². The molecule has 0 aliphatic carbocycles. The predicted molar refractivity (Wildman–Crippen MR) is 80.4 cm³/mol. The smallest absolute Gasteiger partial charge is 0.142 e. The minimum absolute atomic E-state index is 0.720. The quantitative estimate of drug-likeness (QED) is 0.654. The molecule has 3 nitrogen and oxygen atoms in total. The van der Waals surface area contributed by atoms with Gasteiger partial charge in [-0.05, 0) is 44.2 Å². The molecule has 0 aromatic heterocycles. The van der Waals surface area contributed by atoms with Crippen LogP contribution in [0.5, 0.6) is 5.75 Å². The Labute approximate surface area is 116 Å². The third kappa shape index (κ3) is 4.13. The number of hydrogen-bond donors (Lipinski definition) is 1. The lowest BCUT2D eigenvalue weighted by molar-refractivity contribution is 0.117. The zero-order chi connectivity index (χ0) is 13.7. The van der Waals surface area contributed by atoms with Crippen LogP contribution in [0.2, 0.25) is 0 Å². The molecular weight excluding hydrogens is 236 g/mol. The third-order valence-electron chi connectivity index (χ3n) is 4.01. The zero-order valence-corrected chi connectivity index (χ0v) is 12.1. The van der Waals surface area contributed by atoms with Crippen LogP contribution in [0.3, 0.4) is 0 Å². The number of ether oxygens (including phenoxy) is 1. The number of rotatable bonds is 5. The van der Waals surface area contributed by atoms with Gasteiger partial charge in [0.05, 0.1) is 12.3 Å². The minimum atomic E-state index is 0.720. The first-order chi connectivity index (χ1) is 9.16. The number of piperidine rings is 1. The van der Waals surface area contributed by atoms with Crippen LogP contribution in [0.15, 0.2) is 24.3 Å². The van der Waals surface area contributed by atoms with Crippen molar-refractivity contribution in [2.24, 2.45) is 5.92 Å². The van der Waals surface area contributed by atoms with Gasteiger partial charge in [0, 0.05) is 19.1 Å². The second kappa shape index (κ2) is 6.80. The molecule has 1 aromatic rings. The minimum Gasteiger partial charge on any atom is -0.491 e. The summed E-state index contributed by atoms with van der Waals surface area (Å²) >= 11 is 0. The summed E-state index contributed by atoms with van der Waals surface area (Å²) < 4.78 is 5.74. The van der Waals surface area contributed by atoms with Crippen LogP contribution in [-0.4, -0.2) is 30.6 Å². The molecule has 1 fully saturated rings. The molecule has 1 saturated heterocycles. The first-order valence-electron chi connectivity index (χ1n) is 7.38. The van der Waals surface area contributed by atoms with Gasteiger partial charge >= 0.3 is 0 Å². The summed E-state index contributed by atoms with van der Waals surface area (Å²) in [5.74, 6) is 1.64. The van der Waals surface area contributed by atoms with Crippen LogP contribution in [-0.2, 0) is 0 Å². The van der Waals surface area contributed by atoms with Crippen LogP contribution in [0, 0.1) is 5.92 Å². The second-order valence-corrected chi connectivity index (χ2v) is 5.77. The van der Waals surface area contributed by atoms with Gasteiger partial charge in [0.1, 0.15) is 5.75 Å². The molecule has 0 spiro atoms. The summed E-state index contributed by atoms with van der Waals surface area (Å²) in [6, 6.07) is 8.42. The Kier molecular flexibility index (Phi) is 5.08. The highest BCUT2D eigenvalue weighted by Crippen LogP contribution is 2.22. The molecule has 1 aromatic carbocycles. The van der Waals surface area contributed by atoms with Gasteiger partial charge in [-0.3, -0.25) is 0 Å². The van der Waals surface area contributed by atoms with Crippen LogP contribution >= 0.6 is 0 Å². The lowest BCUT2D eigenvalue weighted by Gasteiger charge is -2.36. The van der Waals surface area contributed by atoms with Gasteiger partial charge in [0.2, 0.25) is 0 Å². The van der Waals surface area contributed by atoms with Gasteiger partial charge in [0.15, 0.2) is 0 Å². The number of benzene rings is 1. The number of nitrogen functional groups attached to an aromatic ring is 1. The van der Waals surface area contributed by atoms with Crippen molar-refractivity contribution >= 4 is 5.69 Å². The zero-order valence-electron chi connectivity index (χ0n) is 12.1. The van der Waals surface area contributed by atoms with E-state index < -0.39 is 0 Å². The second-order valence-electron chi connectivity index (χ2n) is 5.77. The molecule has 0 amide bonds. The van der Waals surface area contributed by atoms with E-state index in [1.807, 2.05) is 24.3 Å². The Morgan fingerprint density at radius 1 is 1.26 bits per heavy atom. The van der Waals surface area contributed by atoms with Crippen LogP contribution in [0.4, 0.5) is 5.69 Å². The highest BCUT2D eigenvalue weighted by Gasteiger charge is 2.21. The molecule has 2 unspecified atom stereocenters. The fraction of sp³-hybridized carbons (Fsp3) is 0.625. The molecular formula is C16H26N2O. The molecule has 1 aliphatic rings. The van der Waals surface area contributed by atoms with Gasteiger partial charge in [-0.1, -0.05) is 19.1 Å². The van der Waals surface area contributed by atoms with E-state index in [0.29, 0.717) is 0 Å². The number of nitrogens with zero attached hydrogens (tertiary/aromatic N) is 1. The molecule has 106 valence electrons. The summed E-state index contributed by atoms with van der Waals surface area (Å²) in [6.45, 7) is 7.78. The number of anilines is 1. The first kappa shape index (κ1) is 14.2. The largest absolute Gasteiger partial charge is 0.491 e. The van der Waals surface area contributed by atoms with Crippen molar-refractivity contribution in [3.8, 4) is 5.75 Å². The molecule has 1 heterocycles. The Morgan fingerprint density at radius 2 is 2.05 bits per heavy atom. The summed E-state index contributed by atoms with van der Waals surface area (Å²) in [5.41, 5.74) is 6.57. The average molecular weight is 262 g/mol. The highest BCUT2D eigenvalue weighted by atomic mass is 16.5. The highest BCUT2D eigenvalue weighted by molar-refractivity contribution is 5.51. The first-order valence-corrected chi connectivity index (χ1v) is 7.38. The Bertz CT molecular complexity index is 394. The summed E-state index contributed by atoms with van der Waals surface area (Å²) in [5, 5.41) is 0. The summed E-state index contributed by atoms with van der Waals surface area (Å²) in [7, 11) is 0. The Balaban J connectivity index is 1.70. The van der Waals surface area contributed by atoms with Gasteiger partial charge in [-0.25, -0.2) is 0 Å². The molecule has 19 heavy (non-hydrogen) atoms. The van der Waals surface area contributed by atoms with Gasteiger partial charge in [0.25, 0.3) is 0 Å². The van der Waals surface area contributed by atoms with E-state index in [-0.39, 0.29) is 0 Å². The predicted octanol–water partition coefficient (Wildman–Crippen LogP) is 3.16. The maximum atomic E-state index is 5.85. The van der Waals surface area contributed by atoms with E-state index in [1.165, 1.54) is 19.4 Å². The van der Waals surface area contributed by atoms with E-state index in [9.17, 15) is 0 Å². The number of likely N-dealkylation sites (tertiary alicyclic amines) is 1. The van der Waals surface area contributed by atoms with Crippen LogP contribution in [0.25, 0.3) is 0 Å². The van der Waals surface area contributed by atoms with Crippen molar-refractivity contribution < 1.29 is 4.74 Å². The lowest BCUT2D eigenvalue weighted by Crippen LogP contribution is -2.41. The maximum absolute atomic E-state index is 5.85. The summed E-state index contributed by atoms with van der Waals surface area (Å²) in [4.78, 5) is 2.59. The van der Waals surface area contributed by atoms with E-state index in [1.54, 1.807) is 0 Å². The third-order valence-corrected chi connectivity index (χ3v) is 4.01. The van der Waals surface area contributed by atoms with Crippen molar-refractivity contribution in [2.75, 3.05) is 25.4 Å². The van der Waals surface area contributed by atoms with Gasteiger partial charge in [-0.15, -0.1) is 0 Å². The summed E-state index contributed by atoms with van der Waals surface area (Å²) in [6.07, 6.45) is 3.76.